The molecule has 154 valence electrons. The Morgan fingerprint density at radius 2 is 1.92 bits per heavy atom. The Bertz CT molecular complexity index is 375. The summed E-state index contributed by atoms with van der Waals surface area (Å²) in [6, 6.07) is 0.833. The monoisotopic (exact) mass is 482 g/mol. The van der Waals surface area contributed by atoms with Gasteiger partial charge in [-0.3, -0.25) is 9.89 Å². The van der Waals surface area contributed by atoms with Crippen LogP contribution in [0.3, 0.4) is 0 Å². The van der Waals surface area contributed by atoms with Crippen LogP contribution in [0.25, 0.3) is 0 Å². The number of aliphatic imine (C=N–C) groups is 1. The van der Waals surface area contributed by atoms with Crippen molar-refractivity contribution in [2.45, 2.75) is 52.0 Å². The van der Waals surface area contributed by atoms with Crippen molar-refractivity contribution in [3.05, 3.63) is 0 Å². The molecule has 1 aliphatic heterocycles. The second-order valence-electron chi connectivity index (χ2n) is 7.03. The van der Waals surface area contributed by atoms with E-state index in [2.05, 4.69) is 34.4 Å². The molecule has 0 bridgehead atoms. The Hall–Kier alpha value is -0.120. The molecule has 1 aliphatic carbocycles. The third-order valence-electron chi connectivity index (χ3n) is 4.92. The van der Waals surface area contributed by atoms with Crippen LogP contribution in [-0.2, 0) is 9.47 Å². The second-order valence-corrected chi connectivity index (χ2v) is 7.03. The van der Waals surface area contributed by atoms with E-state index in [1.54, 1.807) is 0 Å². The summed E-state index contributed by atoms with van der Waals surface area (Å²) in [5.74, 6) is 1.61. The first-order chi connectivity index (χ1) is 12.3. The lowest BCUT2D eigenvalue weighted by molar-refractivity contribution is 0.0205. The molecule has 2 aliphatic rings. The maximum Gasteiger partial charge on any atom is 0.191 e. The molecule has 1 heterocycles. The van der Waals surface area contributed by atoms with Crippen molar-refractivity contribution in [3.8, 4) is 0 Å². The van der Waals surface area contributed by atoms with Crippen molar-refractivity contribution in [1.29, 1.82) is 0 Å². The van der Waals surface area contributed by atoms with Crippen LogP contribution in [0.5, 0.6) is 0 Å². The summed E-state index contributed by atoms with van der Waals surface area (Å²) in [6.07, 6.45) is 6.00. The summed E-state index contributed by atoms with van der Waals surface area (Å²) in [5, 5.41) is 6.78. The molecule has 0 aromatic heterocycles. The summed E-state index contributed by atoms with van der Waals surface area (Å²) in [7, 11) is 0. The Balaban J connectivity index is 0.00000338. The molecule has 0 aromatic rings. The Morgan fingerprint density at radius 1 is 1.15 bits per heavy atom. The highest BCUT2D eigenvalue weighted by Gasteiger charge is 2.27. The van der Waals surface area contributed by atoms with Gasteiger partial charge in [-0.05, 0) is 51.5 Å². The predicted molar refractivity (Wildman–Crippen MR) is 119 cm³/mol. The van der Waals surface area contributed by atoms with Gasteiger partial charge >= 0.3 is 0 Å². The molecule has 0 spiro atoms. The fourth-order valence-electron chi connectivity index (χ4n) is 3.22. The van der Waals surface area contributed by atoms with Gasteiger partial charge in [0.2, 0.25) is 0 Å². The number of nitrogens with one attached hydrogen (secondary N) is 2. The van der Waals surface area contributed by atoms with E-state index in [0.717, 1.165) is 90.4 Å². The number of halogens is 1. The van der Waals surface area contributed by atoms with Crippen LogP contribution in [0, 0.1) is 5.92 Å². The summed E-state index contributed by atoms with van der Waals surface area (Å²) in [6.45, 7) is 12.7. The molecule has 6 nitrogen and oxygen atoms in total. The Kier molecular flexibility index (Phi) is 13.7. The van der Waals surface area contributed by atoms with Gasteiger partial charge in [0, 0.05) is 58.6 Å². The van der Waals surface area contributed by atoms with Crippen LogP contribution >= 0.6 is 24.0 Å². The normalized spacial score (nSPS) is 18.7. The largest absolute Gasteiger partial charge is 0.381 e. The van der Waals surface area contributed by atoms with E-state index in [-0.39, 0.29) is 24.0 Å². The van der Waals surface area contributed by atoms with Gasteiger partial charge in [0.05, 0.1) is 0 Å². The van der Waals surface area contributed by atoms with Crippen LogP contribution in [-0.4, -0.2) is 76.1 Å². The lowest BCUT2D eigenvalue weighted by Gasteiger charge is -2.21. The quantitative estimate of drug-likeness (QED) is 0.194. The van der Waals surface area contributed by atoms with E-state index < -0.39 is 0 Å². The van der Waals surface area contributed by atoms with E-state index in [1.165, 1.54) is 12.8 Å². The van der Waals surface area contributed by atoms with E-state index in [1.807, 2.05) is 0 Å². The third kappa shape index (κ3) is 10.3. The minimum absolute atomic E-state index is 0. The lowest BCUT2D eigenvalue weighted by atomic mass is 10.0. The predicted octanol–water partition coefficient (Wildman–Crippen LogP) is 2.48. The van der Waals surface area contributed by atoms with Gasteiger partial charge in [-0.1, -0.05) is 6.92 Å². The maximum atomic E-state index is 5.80. The van der Waals surface area contributed by atoms with E-state index in [4.69, 9.17) is 9.47 Å². The maximum absolute atomic E-state index is 5.80. The topological polar surface area (TPSA) is 58.1 Å². The van der Waals surface area contributed by atoms with Crippen molar-refractivity contribution in [2.75, 3.05) is 59.2 Å². The van der Waals surface area contributed by atoms with E-state index in [9.17, 15) is 0 Å². The first kappa shape index (κ1) is 23.9. The van der Waals surface area contributed by atoms with Gasteiger partial charge < -0.3 is 20.1 Å². The fourth-order valence-corrected chi connectivity index (χ4v) is 3.22. The molecule has 2 fully saturated rings. The summed E-state index contributed by atoms with van der Waals surface area (Å²) < 4.78 is 11.2. The average Bonchev–Trinajstić information content (AvgIpc) is 3.47. The molecule has 0 aromatic carbocycles. The highest BCUT2D eigenvalue weighted by Crippen LogP contribution is 2.25. The zero-order chi connectivity index (χ0) is 17.7. The van der Waals surface area contributed by atoms with Crippen molar-refractivity contribution < 1.29 is 9.47 Å². The molecular formula is C19H39IN4O2. The van der Waals surface area contributed by atoms with Crippen LogP contribution in [0.2, 0.25) is 0 Å². The third-order valence-corrected chi connectivity index (χ3v) is 4.92. The second kappa shape index (κ2) is 14.9. The zero-order valence-corrected chi connectivity index (χ0v) is 19.0. The number of hydrogen-bond acceptors (Lipinski definition) is 4. The van der Waals surface area contributed by atoms with E-state index in [0.29, 0.717) is 5.92 Å². The van der Waals surface area contributed by atoms with Crippen LogP contribution in [0.4, 0.5) is 0 Å². The minimum atomic E-state index is 0. The van der Waals surface area contributed by atoms with Crippen molar-refractivity contribution in [2.24, 2.45) is 10.9 Å². The van der Waals surface area contributed by atoms with Gasteiger partial charge in [-0.25, -0.2) is 0 Å². The van der Waals surface area contributed by atoms with Crippen molar-refractivity contribution in [3.63, 3.8) is 0 Å². The number of hydrogen-bond donors (Lipinski definition) is 2. The van der Waals surface area contributed by atoms with Crippen LogP contribution < -0.4 is 10.6 Å². The van der Waals surface area contributed by atoms with Crippen LogP contribution in [0.15, 0.2) is 4.99 Å². The molecule has 2 N–H and O–H groups in total. The molecular weight excluding hydrogens is 443 g/mol. The van der Waals surface area contributed by atoms with Gasteiger partial charge in [0.1, 0.15) is 0 Å². The zero-order valence-electron chi connectivity index (χ0n) is 16.7. The fraction of sp³-hybridized carbons (Fsp3) is 0.947. The smallest absolute Gasteiger partial charge is 0.191 e. The Morgan fingerprint density at radius 3 is 2.58 bits per heavy atom. The summed E-state index contributed by atoms with van der Waals surface area (Å²) in [5.41, 5.74) is 0. The minimum Gasteiger partial charge on any atom is -0.381 e. The highest BCUT2D eigenvalue weighted by molar-refractivity contribution is 14.0. The Labute approximate surface area is 176 Å². The molecule has 2 rings (SSSR count). The number of ether oxygens (including phenoxy) is 2. The molecule has 0 radical (unpaired) electrons. The number of nitrogens with zero attached hydrogens (tertiary/aromatic N) is 2. The van der Waals surface area contributed by atoms with E-state index >= 15 is 0 Å². The first-order valence-electron chi connectivity index (χ1n) is 10.2. The van der Waals surface area contributed by atoms with Crippen molar-refractivity contribution >= 4 is 29.9 Å². The molecule has 26 heavy (non-hydrogen) atoms. The SMILES string of the molecule is CCNC(=NCCCOCC1CCOCC1)NCCN(CC)C1CC1.I. The summed E-state index contributed by atoms with van der Waals surface area (Å²) in [4.78, 5) is 7.21. The van der Waals surface area contributed by atoms with Gasteiger partial charge in [0.15, 0.2) is 5.96 Å². The molecule has 1 saturated carbocycles. The number of likely N-dealkylation sites (N-methyl/N-ethyl adjacent to an activating group) is 1. The average molecular weight is 482 g/mol. The van der Waals surface area contributed by atoms with Gasteiger partial charge in [-0.15, -0.1) is 24.0 Å². The molecule has 0 unspecified atom stereocenters. The van der Waals surface area contributed by atoms with Gasteiger partial charge in [-0.2, -0.15) is 0 Å². The molecule has 7 heteroatoms. The standard InChI is InChI=1S/C19H38N4O2.HI/c1-3-20-19(22-11-12-23(4-2)18-6-7-18)21-10-5-13-25-16-17-8-14-24-15-9-17;/h17-18H,3-16H2,1-2H3,(H2,20,21,22);1H. The molecule has 0 atom stereocenters. The number of guanidine groups is 1. The number of rotatable bonds is 12. The van der Waals surface area contributed by atoms with Gasteiger partial charge in [0.25, 0.3) is 0 Å². The lowest BCUT2D eigenvalue weighted by Crippen LogP contribution is -2.42. The van der Waals surface area contributed by atoms with Crippen LogP contribution in [0.1, 0.15) is 46.0 Å². The van der Waals surface area contributed by atoms with Crippen molar-refractivity contribution in [1.82, 2.24) is 15.5 Å². The highest BCUT2D eigenvalue weighted by atomic mass is 127. The summed E-state index contributed by atoms with van der Waals surface area (Å²) >= 11 is 0. The first-order valence-corrected chi connectivity index (χ1v) is 10.2. The molecule has 1 saturated heterocycles. The molecule has 0 amide bonds.